The van der Waals surface area contributed by atoms with Crippen molar-refractivity contribution in [2.24, 2.45) is 0 Å². The van der Waals surface area contributed by atoms with E-state index in [9.17, 15) is 13.5 Å². The molecule has 0 heterocycles. The molecule has 0 radical (unpaired) electrons. The van der Waals surface area contributed by atoms with Gasteiger partial charge in [-0.2, -0.15) is 0 Å². The van der Waals surface area contributed by atoms with Crippen molar-refractivity contribution in [2.75, 3.05) is 6.54 Å². The van der Waals surface area contributed by atoms with Crippen LogP contribution in [0.3, 0.4) is 0 Å². The Morgan fingerprint density at radius 2 is 1.83 bits per heavy atom. The molecule has 1 aromatic carbocycles. The summed E-state index contributed by atoms with van der Waals surface area (Å²) in [5, 5.41) is 9.19. The van der Waals surface area contributed by atoms with Crippen molar-refractivity contribution in [1.29, 1.82) is 0 Å². The van der Waals surface area contributed by atoms with Crippen LogP contribution in [0, 0.1) is 30.7 Å². The molecule has 1 aromatic rings. The number of aryl methyl sites for hydroxylation is 1. The number of nitrogens with zero attached hydrogens (tertiary/aromatic N) is 1. The molecule has 1 unspecified atom stereocenters. The maximum atomic E-state index is 12.7. The minimum Gasteiger partial charge on any atom is -0.392 e. The van der Waals surface area contributed by atoms with E-state index in [-0.39, 0.29) is 11.4 Å². The average Bonchev–Trinajstić information content (AvgIpc) is 2.49. The first kappa shape index (κ1) is 19.1. The lowest BCUT2D eigenvalue weighted by Gasteiger charge is -2.15. The summed E-state index contributed by atoms with van der Waals surface area (Å²) in [5.74, 6) is 8.38. The summed E-state index contributed by atoms with van der Waals surface area (Å²) in [7, 11) is -3.70. The number of aliphatic hydroxyl groups is 1. The van der Waals surface area contributed by atoms with Crippen LogP contribution in [-0.2, 0) is 10.0 Å². The van der Waals surface area contributed by atoms with E-state index < -0.39 is 16.1 Å². The number of benzene rings is 1. The van der Waals surface area contributed by atoms with E-state index in [1.54, 1.807) is 31.2 Å². The number of sulfonamides is 1. The molecule has 0 bridgehead atoms. The lowest BCUT2D eigenvalue weighted by molar-refractivity contribution is 0.201. The predicted molar refractivity (Wildman–Crippen MR) is 91.8 cm³/mol. The van der Waals surface area contributed by atoms with Gasteiger partial charge >= 0.3 is 0 Å². The first-order valence-electron chi connectivity index (χ1n) is 7.59. The van der Waals surface area contributed by atoms with Crippen LogP contribution in [0.1, 0.15) is 38.7 Å². The van der Waals surface area contributed by atoms with Crippen molar-refractivity contribution >= 4 is 10.0 Å². The predicted octanol–water partition coefficient (Wildman–Crippen LogP) is 2.52. The van der Waals surface area contributed by atoms with E-state index in [0.29, 0.717) is 12.8 Å². The summed E-state index contributed by atoms with van der Waals surface area (Å²) < 4.78 is 26.4. The summed E-state index contributed by atoms with van der Waals surface area (Å²) in [6.07, 6.45) is 1.26. The van der Waals surface area contributed by atoms with Gasteiger partial charge in [-0.15, -0.1) is 0 Å². The fourth-order valence-electron chi connectivity index (χ4n) is 1.64. The van der Waals surface area contributed by atoms with Gasteiger partial charge in [0.1, 0.15) is 6.54 Å². The van der Waals surface area contributed by atoms with Crippen molar-refractivity contribution in [3.8, 4) is 23.8 Å². The van der Waals surface area contributed by atoms with E-state index in [2.05, 4.69) is 23.8 Å². The highest BCUT2D eigenvalue weighted by molar-refractivity contribution is 7.89. The molecule has 23 heavy (non-hydrogen) atoms. The first-order valence-corrected chi connectivity index (χ1v) is 9.03. The molecule has 0 aromatic heterocycles. The van der Waals surface area contributed by atoms with Gasteiger partial charge in [-0.3, -0.25) is 0 Å². The lowest BCUT2D eigenvalue weighted by atomic mass is 10.2. The highest BCUT2D eigenvalue weighted by atomic mass is 32.2. The van der Waals surface area contributed by atoms with E-state index >= 15 is 0 Å². The van der Waals surface area contributed by atoms with Gasteiger partial charge in [0.2, 0.25) is 0 Å². The Morgan fingerprint density at radius 3 is 2.39 bits per heavy atom. The molecular weight excluding hydrogens is 310 g/mol. The molecule has 0 amide bonds. The van der Waals surface area contributed by atoms with Crippen LogP contribution in [0.4, 0.5) is 0 Å². The summed E-state index contributed by atoms with van der Waals surface area (Å²) >= 11 is 0. The molecule has 0 spiro atoms. The Morgan fingerprint density at radius 1 is 1.17 bits per heavy atom. The molecule has 1 atom stereocenters. The summed E-state index contributed by atoms with van der Waals surface area (Å²) in [4.78, 5) is 0.200. The largest absolute Gasteiger partial charge is 0.392 e. The minimum absolute atomic E-state index is 0.0142. The topological polar surface area (TPSA) is 57.6 Å². The van der Waals surface area contributed by atoms with Crippen molar-refractivity contribution in [3.05, 3.63) is 29.8 Å². The molecule has 124 valence electrons. The Bertz CT molecular complexity index is 714. The first-order chi connectivity index (χ1) is 10.9. The van der Waals surface area contributed by atoms with Crippen LogP contribution in [0.15, 0.2) is 29.2 Å². The Labute approximate surface area is 139 Å². The smallest absolute Gasteiger partial charge is 0.271 e. The van der Waals surface area contributed by atoms with Crippen LogP contribution in [-0.4, -0.2) is 30.5 Å². The normalized spacial score (nSPS) is 11.7. The van der Waals surface area contributed by atoms with Crippen molar-refractivity contribution < 1.29 is 13.5 Å². The summed E-state index contributed by atoms with van der Waals surface area (Å²) in [6, 6.07) is 9.34. The third-order valence-electron chi connectivity index (χ3n) is 2.93. The SMILES string of the molecule is CCCC#CN(CC#CCC(C)O)S(=O)(=O)c1ccc(C)cc1. The Kier molecular flexibility index (Phi) is 7.68. The number of rotatable bonds is 5. The molecule has 0 aliphatic carbocycles. The second-order valence-electron chi connectivity index (χ2n) is 5.27. The van der Waals surface area contributed by atoms with E-state index in [4.69, 9.17) is 0 Å². The van der Waals surface area contributed by atoms with Gasteiger partial charge in [-0.05, 0) is 32.4 Å². The maximum Gasteiger partial charge on any atom is 0.271 e. The highest BCUT2D eigenvalue weighted by Gasteiger charge is 2.21. The molecule has 0 aliphatic heterocycles. The van der Waals surface area contributed by atoms with E-state index in [1.807, 2.05) is 13.8 Å². The third-order valence-corrected chi connectivity index (χ3v) is 4.60. The highest BCUT2D eigenvalue weighted by Crippen LogP contribution is 2.15. The Balaban J connectivity index is 3.04. The zero-order valence-electron chi connectivity index (χ0n) is 13.8. The molecule has 0 fully saturated rings. The van der Waals surface area contributed by atoms with Gasteiger partial charge in [-0.25, -0.2) is 12.7 Å². The molecule has 4 nitrogen and oxygen atoms in total. The Hall–Kier alpha value is -1.95. The lowest BCUT2D eigenvalue weighted by Crippen LogP contribution is -2.27. The van der Waals surface area contributed by atoms with Crippen LogP contribution in [0.2, 0.25) is 0 Å². The fraction of sp³-hybridized carbons (Fsp3) is 0.444. The maximum absolute atomic E-state index is 12.7. The molecule has 5 heteroatoms. The van der Waals surface area contributed by atoms with Crippen LogP contribution in [0.25, 0.3) is 0 Å². The number of unbranched alkanes of at least 4 members (excludes halogenated alkanes) is 1. The molecular formula is C18H23NO3S. The monoisotopic (exact) mass is 333 g/mol. The van der Waals surface area contributed by atoms with Gasteiger partial charge in [0.25, 0.3) is 10.0 Å². The average molecular weight is 333 g/mol. The number of aliphatic hydroxyl groups excluding tert-OH is 1. The van der Waals surface area contributed by atoms with Crippen molar-refractivity contribution in [3.63, 3.8) is 0 Å². The third kappa shape index (κ3) is 6.36. The van der Waals surface area contributed by atoms with E-state index in [0.717, 1.165) is 16.3 Å². The van der Waals surface area contributed by atoms with E-state index in [1.165, 1.54) is 0 Å². The van der Waals surface area contributed by atoms with Gasteiger partial charge in [0.15, 0.2) is 0 Å². The second kappa shape index (κ2) is 9.25. The quantitative estimate of drug-likeness (QED) is 0.665. The molecule has 0 saturated carbocycles. The zero-order valence-corrected chi connectivity index (χ0v) is 14.7. The molecule has 1 N–H and O–H groups in total. The van der Waals surface area contributed by atoms with Gasteiger partial charge in [0, 0.05) is 18.9 Å². The molecule has 1 rings (SSSR count). The minimum atomic E-state index is -3.70. The van der Waals surface area contributed by atoms with Crippen LogP contribution < -0.4 is 0 Å². The van der Waals surface area contributed by atoms with Gasteiger partial charge < -0.3 is 5.11 Å². The van der Waals surface area contributed by atoms with Gasteiger partial charge in [-0.1, -0.05) is 42.4 Å². The summed E-state index contributed by atoms with van der Waals surface area (Å²) in [5.41, 5.74) is 0.990. The standard InChI is InChI=1S/C18H23NO3S/c1-4-5-7-14-19(15-8-6-9-17(3)20)23(21,22)18-12-10-16(2)11-13-18/h10-13,17,20H,4-5,9,15H2,1-3H3. The van der Waals surface area contributed by atoms with Crippen molar-refractivity contribution in [1.82, 2.24) is 4.31 Å². The van der Waals surface area contributed by atoms with Crippen LogP contribution >= 0.6 is 0 Å². The number of hydrogen-bond acceptors (Lipinski definition) is 3. The molecule has 0 aliphatic rings. The van der Waals surface area contributed by atoms with Gasteiger partial charge in [0.05, 0.1) is 11.0 Å². The second-order valence-corrected chi connectivity index (χ2v) is 7.13. The number of hydrogen-bond donors (Lipinski definition) is 1. The van der Waals surface area contributed by atoms with Crippen molar-refractivity contribution in [2.45, 2.75) is 51.0 Å². The van der Waals surface area contributed by atoms with Crippen LogP contribution in [0.5, 0.6) is 0 Å². The fourth-order valence-corrected chi connectivity index (χ4v) is 2.79. The zero-order chi connectivity index (χ0) is 17.3. The summed E-state index contributed by atoms with van der Waals surface area (Å²) in [6.45, 7) is 5.50. The molecule has 0 saturated heterocycles.